The molecule has 126 valence electrons. The van der Waals surface area contributed by atoms with Gasteiger partial charge in [0.15, 0.2) is 0 Å². The Balaban J connectivity index is 1.95. The number of carbonyl (C=O) groups excluding carboxylic acids is 1. The van der Waals surface area contributed by atoms with Crippen LogP contribution in [0.2, 0.25) is 0 Å². The molecule has 0 saturated heterocycles. The predicted molar refractivity (Wildman–Crippen MR) is 106 cm³/mol. The number of nitrogens with zero attached hydrogens (tertiary/aromatic N) is 1. The molecule has 0 radical (unpaired) electrons. The van der Waals surface area contributed by atoms with Crippen LogP contribution in [-0.4, -0.2) is 25.3 Å². The summed E-state index contributed by atoms with van der Waals surface area (Å²) in [6, 6.07) is 13.1. The van der Waals surface area contributed by atoms with E-state index in [1.54, 1.807) is 20.2 Å². The van der Waals surface area contributed by atoms with Gasteiger partial charge in [-0.2, -0.15) is 5.10 Å². The van der Waals surface area contributed by atoms with E-state index in [4.69, 9.17) is 4.74 Å². The molecule has 2 aromatic carbocycles. The summed E-state index contributed by atoms with van der Waals surface area (Å²) in [5, 5.41) is 7.20. The molecule has 0 aromatic heterocycles. The topological polar surface area (TPSA) is 62.7 Å². The molecule has 6 heteroatoms. The number of hydrogen-bond donors (Lipinski definition) is 2. The summed E-state index contributed by atoms with van der Waals surface area (Å²) in [5.41, 5.74) is 5.38. The maximum Gasteiger partial charge on any atom is 0.262 e. The second kappa shape index (κ2) is 8.68. The van der Waals surface area contributed by atoms with Gasteiger partial charge < -0.3 is 10.1 Å². The molecular formula is C18H20IN3O2. The van der Waals surface area contributed by atoms with Gasteiger partial charge in [0.2, 0.25) is 0 Å². The molecule has 0 aliphatic heterocycles. The summed E-state index contributed by atoms with van der Waals surface area (Å²) < 4.78 is 6.40. The van der Waals surface area contributed by atoms with E-state index >= 15 is 0 Å². The maximum atomic E-state index is 12.2. The van der Waals surface area contributed by atoms with E-state index in [0.29, 0.717) is 5.75 Å². The highest BCUT2D eigenvalue weighted by molar-refractivity contribution is 14.1. The number of halogens is 1. The zero-order valence-corrected chi connectivity index (χ0v) is 16.0. The number of hydrazone groups is 1. The van der Waals surface area contributed by atoms with E-state index < -0.39 is 6.04 Å². The Kier molecular flexibility index (Phi) is 6.60. The lowest BCUT2D eigenvalue weighted by Gasteiger charge is -2.15. The van der Waals surface area contributed by atoms with E-state index in [1.807, 2.05) is 43.3 Å². The summed E-state index contributed by atoms with van der Waals surface area (Å²) in [4.78, 5) is 12.2. The van der Waals surface area contributed by atoms with Crippen LogP contribution in [0, 0.1) is 10.5 Å². The fourth-order valence-corrected chi connectivity index (χ4v) is 2.77. The van der Waals surface area contributed by atoms with Crippen LogP contribution in [0.3, 0.4) is 0 Å². The van der Waals surface area contributed by atoms with Gasteiger partial charge in [0.25, 0.3) is 5.91 Å². The van der Waals surface area contributed by atoms with Gasteiger partial charge in [0.05, 0.1) is 13.3 Å². The second-order valence-corrected chi connectivity index (χ2v) is 6.55. The van der Waals surface area contributed by atoms with Gasteiger partial charge >= 0.3 is 0 Å². The number of methoxy groups -OCH3 is 1. The van der Waals surface area contributed by atoms with Crippen molar-refractivity contribution in [2.45, 2.75) is 19.9 Å². The highest BCUT2D eigenvalue weighted by atomic mass is 127. The van der Waals surface area contributed by atoms with E-state index in [1.165, 1.54) is 0 Å². The number of para-hydroxylation sites is 1. The number of nitrogens with one attached hydrogen (secondary N) is 2. The van der Waals surface area contributed by atoms with Gasteiger partial charge in [-0.3, -0.25) is 4.79 Å². The Morgan fingerprint density at radius 2 is 2.04 bits per heavy atom. The largest absolute Gasteiger partial charge is 0.496 e. The van der Waals surface area contributed by atoms with Gasteiger partial charge in [0, 0.05) is 14.8 Å². The number of ether oxygens (including phenoxy) is 1. The van der Waals surface area contributed by atoms with Crippen LogP contribution >= 0.6 is 22.6 Å². The summed E-state index contributed by atoms with van der Waals surface area (Å²) in [6.45, 7) is 3.81. The van der Waals surface area contributed by atoms with Crippen LogP contribution in [0.15, 0.2) is 47.6 Å². The van der Waals surface area contributed by atoms with Crippen LogP contribution < -0.4 is 15.5 Å². The van der Waals surface area contributed by atoms with Crippen LogP contribution in [0.4, 0.5) is 5.69 Å². The minimum absolute atomic E-state index is 0.209. The van der Waals surface area contributed by atoms with Crippen molar-refractivity contribution in [2.75, 3.05) is 12.4 Å². The van der Waals surface area contributed by atoms with Crippen LogP contribution in [0.5, 0.6) is 5.75 Å². The zero-order valence-electron chi connectivity index (χ0n) is 13.8. The van der Waals surface area contributed by atoms with Gasteiger partial charge in [-0.25, -0.2) is 5.43 Å². The normalized spacial score (nSPS) is 12.0. The molecule has 0 unspecified atom stereocenters. The van der Waals surface area contributed by atoms with E-state index in [9.17, 15) is 4.79 Å². The molecular weight excluding hydrogens is 417 g/mol. The summed E-state index contributed by atoms with van der Waals surface area (Å²) in [5.74, 6) is 0.496. The van der Waals surface area contributed by atoms with E-state index in [-0.39, 0.29) is 5.91 Å². The standard InChI is InChI=1S/C18H20IN3O2/c1-12-10-15(19)8-9-16(12)21-13(2)18(23)22-20-11-14-6-4-5-7-17(14)24-3/h4-11,13,21H,1-3H3,(H,22,23)/b20-11-/t13-/m0/s1. The van der Waals surface area contributed by atoms with Crippen molar-refractivity contribution in [1.29, 1.82) is 0 Å². The third-order valence-corrected chi connectivity index (χ3v) is 4.14. The van der Waals surface area contributed by atoms with Crippen molar-refractivity contribution in [3.05, 3.63) is 57.2 Å². The minimum atomic E-state index is -0.404. The maximum absolute atomic E-state index is 12.2. The highest BCUT2D eigenvalue weighted by Gasteiger charge is 2.12. The van der Waals surface area contributed by atoms with Crippen molar-refractivity contribution >= 4 is 40.4 Å². The molecule has 0 saturated carbocycles. The van der Waals surface area contributed by atoms with Crippen molar-refractivity contribution in [3.63, 3.8) is 0 Å². The summed E-state index contributed by atoms with van der Waals surface area (Å²) >= 11 is 2.26. The quantitative estimate of drug-likeness (QED) is 0.413. The van der Waals surface area contributed by atoms with Crippen molar-refractivity contribution in [1.82, 2.24) is 5.43 Å². The Morgan fingerprint density at radius 3 is 2.75 bits per heavy atom. The van der Waals surface area contributed by atoms with Crippen LogP contribution in [0.1, 0.15) is 18.1 Å². The third kappa shape index (κ3) is 4.95. The smallest absolute Gasteiger partial charge is 0.262 e. The van der Waals surface area contributed by atoms with Gasteiger partial charge in [-0.15, -0.1) is 0 Å². The number of rotatable bonds is 6. The van der Waals surface area contributed by atoms with Crippen molar-refractivity contribution in [2.24, 2.45) is 5.10 Å². The van der Waals surface area contributed by atoms with Crippen LogP contribution in [0.25, 0.3) is 0 Å². The fourth-order valence-electron chi connectivity index (χ4n) is 2.12. The molecule has 0 fully saturated rings. The van der Waals surface area contributed by atoms with Gasteiger partial charge in [-0.05, 0) is 72.3 Å². The molecule has 24 heavy (non-hydrogen) atoms. The predicted octanol–water partition coefficient (Wildman–Crippen LogP) is 3.56. The number of carbonyl (C=O) groups is 1. The summed E-state index contributed by atoms with van der Waals surface area (Å²) in [7, 11) is 1.60. The lowest BCUT2D eigenvalue weighted by Crippen LogP contribution is -2.35. The molecule has 2 N–H and O–H groups in total. The average molecular weight is 437 g/mol. The number of amides is 1. The first-order valence-corrected chi connectivity index (χ1v) is 8.57. The Hall–Kier alpha value is -2.09. The minimum Gasteiger partial charge on any atom is -0.496 e. The monoisotopic (exact) mass is 437 g/mol. The van der Waals surface area contributed by atoms with Gasteiger partial charge in [0.1, 0.15) is 11.8 Å². The molecule has 2 rings (SSSR count). The molecule has 0 bridgehead atoms. The molecule has 0 heterocycles. The SMILES string of the molecule is COc1ccccc1/C=N\NC(=O)[C@H](C)Nc1ccc(I)cc1C. The van der Waals surface area contributed by atoms with E-state index in [0.717, 1.165) is 20.4 Å². The van der Waals surface area contributed by atoms with Crippen molar-refractivity contribution in [3.8, 4) is 5.75 Å². The summed E-state index contributed by atoms with van der Waals surface area (Å²) in [6.07, 6.45) is 1.57. The lowest BCUT2D eigenvalue weighted by molar-refractivity contribution is -0.121. The molecule has 0 aliphatic carbocycles. The molecule has 1 amide bonds. The van der Waals surface area contributed by atoms with E-state index in [2.05, 4.69) is 44.5 Å². The Labute approximate surface area is 155 Å². The first-order chi connectivity index (χ1) is 11.5. The highest BCUT2D eigenvalue weighted by Crippen LogP contribution is 2.18. The third-order valence-electron chi connectivity index (χ3n) is 3.47. The first kappa shape index (κ1) is 18.3. The van der Waals surface area contributed by atoms with Crippen LogP contribution in [-0.2, 0) is 4.79 Å². The fraction of sp³-hybridized carbons (Fsp3) is 0.222. The number of hydrogen-bond acceptors (Lipinski definition) is 4. The zero-order chi connectivity index (χ0) is 17.5. The lowest BCUT2D eigenvalue weighted by atomic mass is 10.2. The molecule has 5 nitrogen and oxygen atoms in total. The molecule has 1 atom stereocenters. The first-order valence-electron chi connectivity index (χ1n) is 7.50. The molecule has 0 spiro atoms. The Morgan fingerprint density at radius 1 is 1.29 bits per heavy atom. The number of aryl methyl sites for hydroxylation is 1. The second-order valence-electron chi connectivity index (χ2n) is 5.30. The number of benzene rings is 2. The average Bonchev–Trinajstić information content (AvgIpc) is 2.57. The Bertz CT molecular complexity index is 747. The van der Waals surface area contributed by atoms with Gasteiger partial charge in [-0.1, -0.05) is 12.1 Å². The van der Waals surface area contributed by atoms with Crippen molar-refractivity contribution < 1.29 is 9.53 Å². The number of anilines is 1. The molecule has 2 aromatic rings. The molecule has 0 aliphatic rings.